The number of ether oxygens (including phenoxy) is 1. The van der Waals surface area contributed by atoms with E-state index in [1.807, 2.05) is 7.05 Å². The molecule has 0 radical (unpaired) electrons. The summed E-state index contributed by atoms with van der Waals surface area (Å²) in [5.74, 6) is 0. The fraction of sp³-hybridized carbons (Fsp3) is 0.600. The third-order valence-electron chi connectivity index (χ3n) is 3.63. The molecule has 0 bridgehead atoms. The molecule has 1 aromatic carbocycles. The lowest BCUT2D eigenvalue weighted by molar-refractivity contribution is 0.152. The van der Waals surface area contributed by atoms with Crippen LogP contribution in [0.4, 0.5) is 5.69 Å². The summed E-state index contributed by atoms with van der Waals surface area (Å²) in [5.41, 5.74) is 2.77. The van der Waals surface area contributed by atoms with Gasteiger partial charge in [-0.3, -0.25) is 0 Å². The molecule has 1 atom stereocenters. The van der Waals surface area contributed by atoms with Crippen molar-refractivity contribution < 1.29 is 4.74 Å². The number of benzene rings is 1. The third kappa shape index (κ3) is 3.03. The Balaban J connectivity index is 2.25. The molecule has 1 aromatic rings. The van der Waals surface area contributed by atoms with Crippen LogP contribution in [0.15, 0.2) is 24.3 Å². The molecule has 3 nitrogen and oxygen atoms in total. The van der Waals surface area contributed by atoms with Crippen LogP contribution in [0.5, 0.6) is 0 Å². The molecule has 0 aromatic heterocycles. The number of hydrogen-bond acceptors (Lipinski definition) is 3. The highest BCUT2D eigenvalue weighted by Crippen LogP contribution is 2.28. The summed E-state index contributed by atoms with van der Waals surface area (Å²) in [6, 6.07) is 9.18. The highest BCUT2D eigenvalue weighted by Gasteiger charge is 2.17. The summed E-state index contributed by atoms with van der Waals surface area (Å²) in [7, 11) is 2.04. The quantitative estimate of drug-likeness (QED) is 0.886. The zero-order valence-electron chi connectivity index (χ0n) is 11.5. The highest BCUT2D eigenvalue weighted by atomic mass is 16.5. The summed E-state index contributed by atoms with van der Waals surface area (Å²) >= 11 is 0. The van der Waals surface area contributed by atoms with E-state index in [1.54, 1.807) is 0 Å². The van der Waals surface area contributed by atoms with Gasteiger partial charge in [-0.05, 0) is 31.5 Å². The third-order valence-corrected chi connectivity index (χ3v) is 3.63. The molecule has 1 unspecified atom stereocenters. The molecule has 18 heavy (non-hydrogen) atoms. The Kier molecular flexibility index (Phi) is 5.02. The predicted octanol–water partition coefficient (Wildman–Crippen LogP) is 2.58. The van der Waals surface area contributed by atoms with E-state index in [4.69, 9.17) is 4.74 Å². The number of hydrogen-bond donors (Lipinski definition) is 1. The Labute approximate surface area is 110 Å². The molecule has 0 spiro atoms. The maximum absolute atomic E-state index is 5.54. The minimum Gasteiger partial charge on any atom is -0.380 e. The average Bonchev–Trinajstić information content (AvgIpc) is 2.70. The molecule has 0 saturated carbocycles. The molecule has 2 rings (SSSR count). The van der Waals surface area contributed by atoms with Gasteiger partial charge < -0.3 is 15.0 Å². The Morgan fingerprint density at radius 1 is 1.28 bits per heavy atom. The standard InChI is InChI=1S/C15H24N2O/c1-3-14(16-2)13-7-4-5-8-15(13)17-9-6-11-18-12-10-17/h4-5,7-8,14,16H,3,6,9-12H2,1-2H3. The molecule has 100 valence electrons. The average molecular weight is 248 g/mol. The Bertz CT molecular complexity index is 355. The second-order valence-electron chi connectivity index (χ2n) is 4.76. The fourth-order valence-electron chi connectivity index (χ4n) is 2.64. The molecule has 1 saturated heterocycles. The van der Waals surface area contributed by atoms with Gasteiger partial charge in [0.2, 0.25) is 0 Å². The van der Waals surface area contributed by atoms with Gasteiger partial charge in [0, 0.05) is 31.4 Å². The number of nitrogens with one attached hydrogen (secondary N) is 1. The van der Waals surface area contributed by atoms with Gasteiger partial charge in [-0.15, -0.1) is 0 Å². The molecule has 0 amide bonds. The van der Waals surface area contributed by atoms with Gasteiger partial charge >= 0.3 is 0 Å². The summed E-state index contributed by atoms with van der Waals surface area (Å²) < 4.78 is 5.54. The highest BCUT2D eigenvalue weighted by molar-refractivity contribution is 5.55. The van der Waals surface area contributed by atoms with E-state index in [0.717, 1.165) is 39.1 Å². The van der Waals surface area contributed by atoms with Crippen LogP contribution < -0.4 is 10.2 Å². The smallest absolute Gasteiger partial charge is 0.0641 e. The van der Waals surface area contributed by atoms with E-state index in [1.165, 1.54) is 11.3 Å². The first-order valence-corrected chi connectivity index (χ1v) is 6.95. The van der Waals surface area contributed by atoms with Crippen molar-refractivity contribution in [2.75, 3.05) is 38.3 Å². The maximum Gasteiger partial charge on any atom is 0.0641 e. The van der Waals surface area contributed by atoms with Gasteiger partial charge in [0.25, 0.3) is 0 Å². The van der Waals surface area contributed by atoms with E-state index >= 15 is 0 Å². The van der Waals surface area contributed by atoms with Gasteiger partial charge in [0.15, 0.2) is 0 Å². The van der Waals surface area contributed by atoms with Crippen molar-refractivity contribution in [2.24, 2.45) is 0 Å². The van der Waals surface area contributed by atoms with Crippen LogP contribution >= 0.6 is 0 Å². The number of para-hydroxylation sites is 1. The van der Waals surface area contributed by atoms with Gasteiger partial charge in [0.1, 0.15) is 0 Å². The topological polar surface area (TPSA) is 24.5 Å². The van der Waals surface area contributed by atoms with Crippen LogP contribution in [0.1, 0.15) is 31.4 Å². The van der Waals surface area contributed by atoms with Crippen LogP contribution in [-0.2, 0) is 4.74 Å². The zero-order chi connectivity index (χ0) is 12.8. The molecule has 1 aliphatic heterocycles. The van der Waals surface area contributed by atoms with Crippen LogP contribution in [0.25, 0.3) is 0 Å². The van der Waals surface area contributed by atoms with Crippen molar-refractivity contribution in [2.45, 2.75) is 25.8 Å². The van der Waals surface area contributed by atoms with Crippen molar-refractivity contribution in [3.63, 3.8) is 0 Å². The van der Waals surface area contributed by atoms with Crippen LogP contribution in [0.3, 0.4) is 0 Å². The van der Waals surface area contributed by atoms with Crippen LogP contribution in [0, 0.1) is 0 Å². The van der Waals surface area contributed by atoms with Crippen molar-refractivity contribution in [3.8, 4) is 0 Å². The molecular weight excluding hydrogens is 224 g/mol. The molecule has 1 fully saturated rings. The largest absolute Gasteiger partial charge is 0.380 e. The Morgan fingerprint density at radius 3 is 2.89 bits per heavy atom. The van der Waals surface area contributed by atoms with Crippen molar-refractivity contribution in [1.82, 2.24) is 5.32 Å². The van der Waals surface area contributed by atoms with E-state index in [-0.39, 0.29) is 0 Å². The first kappa shape index (κ1) is 13.4. The molecule has 0 aliphatic carbocycles. The van der Waals surface area contributed by atoms with Gasteiger partial charge in [0.05, 0.1) is 6.61 Å². The lowest BCUT2D eigenvalue weighted by Crippen LogP contribution is -2.28. The molecule has 1 aliphatic rings. The van der Waals surface area contributed by atoms with Gasteiger partial charge in [-0.1, -0.05) is 25.1 Å². The molecular formula is C15H24N2O. The van der Waals surface area contributed by atoms with E-state index in [9.17, 15) is 0 Å². The minimum absolute atomic E-state index is 0.436. The zero-order valence-corrected chi connectivity index (χ0v) is 11.5. The normalized spacial score (nSPS) is 18.4. The fourth-order valence-corrected chi connectivity index (χ4v) is 2.64. The Morgan fingerprint density at radius 2 is 2.11 bits per heavy atom. The summed E-state index contributed by atoms with van der Waals surface area (Å²) in [6.07, 6.45) is 2.22. The summed E-state index contributed by atoms with van der Waals surface area (Å²) in [6.45, 7) is 6.05. The van der Waals surface area contributed by atoms with Gasteiger partial charge in [-0.2, -0.15) is 0 Å². The molecule has 3 heteroatoms. The Hall–Kier alpha value is -1.06. The second-order valence-corrected chi connectivity index (χ2v) is 4.76. The molecule has 1 heterocycles. The summed E-state index contributed by atoms with van der Waals surface area (Å²) in [5, 5.41) is 3.41. The number of rotatable bonds is 4. The number of nitrogens with zero attached hydrogens (tertiary/aromatic N) is 1. The van der Waals surface area contributed by atoms with Crippen LogP contribution in [-0.4, -0.2) is 33.4 Å². The van der Waals surface area contributed by atoms with Gasteiger partial charge in [-0.25, -0.2) is 0 Å². The lowest BCUT2D eigenvalue weighted by atomic mass is 10.0. The second kappa shape index (κ2) is 6.76. The van der Waals surface area contributed by atoms with E-state index in [0.29, 0.717) is 6.04 Å². The first-order valence-electron chi connectivity index (χ1n) is 6.95. The summed E-state index contributed by atoms with van der Waals surface area (Å²) in [4.78, 5) is 2.46. The van der Waals surface area contributed by atoms with Crippen LogP contribution in [0.2, 0.25) is 0 Å². The number of anilines is 1. The molecule has 1 N–H and O–H groups in total. The first-order chi connectivity index (χ1) is 8.86. The van der Waals surface area contributed by atoms with Crippen molar-refractivity contribution >= 4 is 5.69 Å². The maximum atomic E-state index is 5.54. The van der Waals surface area contributed by atoms with E-state index in [2.05, 4.69) is 41.4 Å². The lowest BCUT2D eigenvalue weighted by Gasteiger charge is -2.28. The van der Waals surface area contributed by atoms with E-state index < -0.39 is 0 Å². The predicted molar refractivity (Wildman–Crippen MR) is 76.2 cm³/mol. The van der Waals surface area contributed by atoms with Crippen molar-refractivity contribution in [1.29, 1.82) is 0 Å². The minimum atomic E-state index is 0.436. The SMILES string of the molecule is CCC(NC)c1ccccc1N1CCCOCC1. The monoisotopic (exact) mass is 248 g/mol. The van der Waals surface area contributed by atoms with Crippen molar-refractivity contribution in [3.05, 3.63) is 29.8 Å².